The third-order valence-electron chi connectivity index (χ3n) is 1.71. The van der Waals surface area contributed by atoms with Crippen LogP contribution >= 0.6 is 11.6 Å². The normalized spacial score (nSPS) is 9.77. The van der Waals surface area contributed by atoms with Crippen molar-refractivity contribution < 1.29 is 14.6 Å². The van der Waals surface area contributed by atoms with Crippen LogP contribution in [0.3, 0.4) is 0 Å². The number of halogens is 1. The van der Waals surface area contributed by atoms with Crippen LogP contribution in [0, 0.1) is 6.92 Å². The highest BCUT2D eigenvalue weighted by atomic mass is 35.5. The van der Waals surface area contributed by atoms with Crippen molar-refractivity contribution in [1.82, 2.24) is 0 Å². The highest BCUT2D eigenvalue weighted by molar-refractivity contribution is 6.33. The van der Waals surface area contributed by atoms with Gasteiger partial charge in [0.05, 0.1) is 12.1 Å². The van der Waals surface area contributed by atoms with Gasteiger partial charge in [-0.1, -0.05) is 17.7 Å². The predicted octanol–water partition coefficient (Wildman–Crippen LogP) is 2.14. The first-order chi connectivity index (χ1) is 6.07. The first kappa shape index (κ1) is 9.86. The number of phenols is 1. The number of ether oxygens (including phenoxy) is 1. The van der Waals surface area contributed by atoms with Crippen molar-refractivity contribution >= 4 is 17.6 Å². The van der Waals surface area contributed by atoms with Crippen molar-refractivity contribution in [2.75, 3.05) is 7.11 Å². The molecule has 1 aromatic carbocycles. The molecular formula is C9H9ClO3. The minimum Gasteiger partial charge on any atom is -0.505 e. The molecule has 0 heterocycles. The van der Waals surface area contributed by atoms with Crippen LogP contribution < -0.4 is 0 Å². The first-order valence-corrected chi connectivity index (χ1v) is 4.02. The van der Waals surface area contributed by atoms with Crippen molar-refractivity contribution in [2.24, 2.45) is 0 Å². The Bertz CT molecular complexity index is 347. The van der Waals surface area contributed by atoms with E-state index in [1.807, 2.05) is 0 Å². The molecule has 0 amide bonds. The number of carbonyl (C=O) groups is 1. The number of aryl methyl sites for hydroxylation is 1. The number of carbonyl (C=O) groups excluding carboxylic acids is 1. The maximum absolute atomic E-state index is 11.1. The lowest BCUT2D eigenvalue weighted by Gasteiger charge is -2.05. The smallest absolute Gasteiger partial charge is 0.341 e. The Morgan fingerprint density at radius 2 is 2.15 bits per heavy atom. The Balaban J connectivity index is 3.26. The summed E-state index contributed by atoms with van der Waals surface area (Å²) in [5, 5.41) is 9.63. The van der Waals surface area contributed by atoms with Crippen LogP contribution in [-0.2, 0) is 4.74 Å². The molecule has 0 aliphatic carbocycles. The Kier molecular flexibility index (Phi) is 2.78. The number of rotatable bonds is 1. The maximum Gasteiger partial charge on any atom is 0.341 e. The molecule has 0 atom stereocenters. The molecule has 0 radical (unpaired) electrons. The molecule has 0 aliphatic heterocycles. The fourth-order valence-electron chi connectivity index (χ4n) is 0.940. The van der Waals surface area contributed by atoms with Crippen LogP contribution in [0.1, 0.15) is 15.9 Å². The Labute approximate surface area is 80.9 Å². The lowest BCUT2D eigenvalue weighted by Crippen LogP contribution is -2.01. The minimum absolute atomic E-state index is 0.0816. The maximum atomic E-state index is 11.1. The summed E-state index contributed by atoms with van der Waals surface area (Å²) in [6.45, 7) is 1.74. The second kappa shape index (κ2) is 3.66. The summed E-state index contributed by atoms with van der Waals surface area (Å²) in [7, 11) is 1.25. The molecule has 0 saturated heterocycles. The van der Waals surface area contributed by atoms with Crippen LogP contribution in [-0.4, -0.2) is 18.2 Å². The summed E-state index contributed by atoms with van der Waals surface area (Å²) in [5.41, 5.74) is 0.796. The molecule has 1 rings (SSSR count). The Morgan fingerprint density at radius 1 is 1.54 bits per heavy atom. The second-order valence-electron chi connectivity index (χ2n) is 2.58. The monoisotopic (exact) mass is 200 g/mol. The van der Waals surface area contributed by atoms with Crippen molar-refractivity contribution in [1.29, 1.82) is 0 Å². The van der Waals surface area contributed by atoms with Gasteiger partial charge in [0.1, 0.15) is 11.3 Å². The topological polar surface area (TPSA) is 46.5 Å². The molecule has 70 valence electrons. The van der Waals surface area contributed by atoms with Gasteiger partial charge >= 0.3 is 5.97 Å². The lowest BCUT2D eigenvalue weighted by atomic mass is 10.1. The van der Waals surface area contributed by atoms with Gasteiger partial charge in [-0.3, -0.25) is 0 Å². The van der Waals surface area contributed by atoms with E-state index in [4.69, 9.17) is 11.6 Å². The molecule has 0 saturated carbocycles. The van der Waals surface area contributed by atoms with Crippen LogP contribution in [0.25, 0.3) is 0 Å². The molecule has 0 bridgehead atoms. The molecule has 0 unspecified atom stereocenters. The molecule has 4 heteroatoms. The van der Waals surface area contributed by atoms with Crippen LogP contribution in [0.15, 0.2) is 12.1 Å². The van der Waals surface area contributed by atoms with Gasteiger partial charge in [0.2, 0.25) is 0 Å². The molecule has 0 fully saturated rings. The summed E-state index contributed by atoms with van der Waals surface area (Å²) in [6, 6.07) is 3.12. The lowest BCUT2D eigenvalue weighted by molar-refractivity contribution is 0.0597. The van der Waals surface area contributed by atoms with E-state index in [9.17, 15) is 9.90 Å². The number of hydrogen-bond acceptors (Lipinski definition) is 3. The fourth-order valence-corrected chi connectivity index (χ4v) is 1.10. The SMILES string of the molecule is COC(=O)c1ccc(C)c(Cl)c1O. The van der Waals surface area contributed by atoms with Crippen molar-refractivity contribution in [3.63, 3.8) is 0 Å². The highest BCUT2D eigenvalue weighted by Crippen LogP contribution is 2.30. The van der Waals surface area contributed by atoms with E-state index in [1.165, 1.54) is 13.2 Å². The summed E-state index contributed by atoms with van der Waals surface area (Å²) in [6.07, 6.45) is 0. The molecule has 1 aromatic rings. The third-order valence-corrected chi connectivity index (χ3v) is 2.19. The third kappa shape index (κ3) is 1.75. The Hall–Kier alpha value is -1.22. The summed E-state index contributed by atoms with van der Waals surface area (Å²) >= 11 is 5.73. The van der Waals surface area contributed by atoms with E-state index in [-0.39, 0.29) is 16.3 Å². The summed E-state index contributed by atoms with van der Waals surface area (Å²) < 4.78 is 4.45. The number of benzene rings is 1. The minimum atomic E-state index is -0.598. The largest absolute Gasteiger partial charge is 0.505 e. The molecule has 3 nitrogen and oxygen atoms in total. The summed E-state index contributed by atoms with van der Waals surface area (Å²) in [4.78, 5) is 11.1. The van der Waals surface area contributed by atoms with Gasteiger partial charge in [-0.25, -0.2) is 4.79 Å². The number of phenolic OH excluding ortho intramolecular Hbond substituents is 1. The van der Waals surface area contributed by atoms with E-state index in [2.05, 4.69) is 4.74 Å². The second-order valence-corrected chi connectivity index (χ2v) is 2.96. The van der Waals surface area contributed by atoms with Gasteiger partial charge in [-0.05, 0) is 18.6 Å². The van der Waals surface area contributed by atoms with Crippen LogP contribution in [0.4, 0.5) is 0 Å². The zero-order valence-corrected chi connectivity index (χ0v) is 8.05. The van der Waals surface area contributed by atoms with Crippen molar-refractivity contribution in [3.05, 3.63) is 28.3 Å². The van der Waals surface area contributed by atoms with Gasteiger partial charge in [-0.2, -0.15) is 0 Å². The molecule has 0 aliphatic rings. The molecule has 0 aromatic heterocycles. The quantitative estimate of drug-likeness (QED) is 0.707. The van der Waals surface area contributed by atoms with Gasteiger partial charge in [-0.15, -0.1) is 0 Å². The van der Waals surface area contributed by atoms with Crippen LogP contribution in [0.5, 0.6) is 5.75 Å². The zero-order chi connectivity index (χ0) is 10.0. The van der Waals surface area contributed by atoms with Gasteiger partial charge in [0.25, 0.3) is 0 Å². The number of aromatic hydroxyl groups is 1. The highest BCUT2D eigenvalue weighted by Gasteiger charge is 2.14. The summed E-state index contributed by atoms with van der Waals surface area (Å²) in [5.74, 6) is -0.826. The Morgan fingerprint density at radius 3 is 2.69 bits per heavy atom. The molecular weight excluding hydrogens is 192 g/mol. The number of esters is 1. The fraction of sp³-hybridized carbons (Fsp3) is 0.222. The van der Waals surface area contributed by atoms with E-state index in [0.717, 1.165) is 0 Å². The van der Waals surface area contributed by atoms with Gasteiger partial charge in [0.15, 0.2) is 0 Å². The van der Waals surface area contributed by atoms with Crippen LogP contribution in [0.2, 0.25) is 5.02 Å². The molecule has 13 heavy (non-hydrogen) atoms. The number of methoxy groups -OCH3 is 1. The van der Waals surface area contributed by atoms with Gasteiger partial charge in [0, 0.05) is 0 Å². The standard InChI is InChI=1S/C9H9ClO3/c1-5-3-4-6(9(12)13-2)8(11)7(5)10/h3-4,11H,1-2H3. The molecule has 0 spiro atoms. The number of hydrogen-bond donors (Lipinski definition) is 1. The molecule has 1 N–H and O–H groups in total. The van der Waals surface area contributed by atoms with E-state index >= 15 is 0 Å². The average molecular weight is 201 g/mol. The van der Waals surface area contributed by atoms with E-state index < -0.39 is 5.97 Å². The van der Waals surface area contributed by atoms with Crippen molar-refractivity contribution in [3.8, 4) is 5.75 Å². The van der Waals surface area contributed by atoms with E-state index in [1.54, 1.807) is 13.0 Å². The van der Waals surface area contributed by atoms with Gasteiger partial charge < -0.3 is 9.84 Å². The van der Waals surface area contributed by atoms with E-state index in [0.29, 0.717) is 5.56 Å². The average Bonchev–Trinajstić information content (AvgIpc) is 2.13. The predicted molar refractivity (Wildman–Crippen MR) is 49.2 cm³/mol. The van der Waals surface area contributed by atoms with Crippen molar-refractivity contribution in [2.45, 2.75) is 6.92 Å². The zero-order valence-electron chi connectivity index (χ0n) is 7.30. The first-order valence-electron chi connectivity index (χ1n) is 3.64.